The van der Waals surface area contributed by atoms with Crippen LogP contribution < -0.4 is 10.9 Å². The molecule has 1 N–H and O–H groups in total. The molecule has 0 amide bonds. The van der Waals surface area contributed by atoms with Crippen LogP contribution in [0.2, 0.25) is 0 Å². The lowest BCUT2D eigenvalue weighted by Gasteiger charge is -2.30. The smallest absolute Gasteiger partial charge is 0.267 e. The first-order valence-electron chi connectivity index (χ1n) is 9.83. The second-order valence-corrected chi connectivity index (χ2v) is 7.34. The number of pyridine rings is 1. The maximum atomic E-state index is 12.4. The Morgan fingerprint density at radius 3 is 2.69 bits per heavy atom. The highest BCUT2D eigenvalue weighted by atomic mass is 16.1. The summed E-state index contributed by atoms with van der Waals surface area (Å²) < 4.78 is 3.41. The number of hydrogen-bond acceptors (Lipinski definition) is 6. The zero-order valence-corrected chi connectivity index (χ0v) is 15.8. The zero-order chi connectivity index (χ0) is 19.6. The molecule has 4 heterocycles. The first kappa shape index (κ1) is 17.5. The Kier molecular flexibility index (Phi) is 4.51. The number of fused-ring (bicyclic) bond motifs is 1. The van der Waals surface area contributed by atoms with E-state index in [2.05, 4.69) is 25.5 Å². The van der Waals surface area contributed by atoms with Crippen molar-refractivity contribution in [1.29, 1.82) is 0 Å². The van der Waals surface area contributed by atoms with Crippen molar-refractivity contribution in [3.63, 3.8) is 0 Å². The van der Waals surface area contributed by atoms with Gasteiger partial charge in [0.2, 0.25) is 0 Å². The number of hydrogen-bond donors (Lipinski definition) is 1. The van der Waals surface area contributed by atoms with Crippen molar-refractivity contribution in [3.05, 3.63) is 71.5 Å². The third-order valence-electron chi connectivity index (χ3n) is 5.43. The van der Waals surface area contributed by atoms with Gasteiger partial charge in [-0.3, -0.25) is 9.78 Å². The van der Waals surface area contributed by atoms with E-state index in [1.54, 1.807) is 39.9 Å². The van der Waals surface area contributed by atoms with E-state index in [9.17, 15) is 4.79 Å². The highest BCUT2D eigenvalue weighted by Gasteiger charge is 2.24. The van der Waals surface area contributed by atoms with Gasteiger partial charge in [-0.25, -0.2) is 14.2 Å². The van der Waals surface area contributed by atoms with Gasteiger partial charge < -0.3 is 5.32 Å². The first-order valence-corrected chi connectivity index (χ1v) is 9.83. The molecule has 8 heteroatoms. The molecule has 0 aliphatic heterocycles. The molecule has 0 unspecified atom stereocenters. The van der Waals surface area contributed by atoms with Crippen molar-refractivity contribution in [2.75, 3.05) is 5.32 Å². The molecule has 1 aliphatic carbocycles. The normalized spacial score (nSPS) is 19.3. The minimum atomic E-state index is -0.0544. The van der Waals surface area contributed by atoms with Crippen LogP contribution in [0.3, 0.4) is 0 Å². The van der Waals surface area contributed by atoms with Gasteiger partial charge in [0.1, 0.15) is 5.82 Å². The topological polar surface area (TPSA) is 90.0 Å². The van der Waals surface area contributed by atoms with E-state index in [4.69, 9.17) is 0 Å². The van der Waals surface area contributed by atoms with Crippen LogP contribution in [0.25, 0.3) is 16.9 Å². The highest BCUT2D eigenvalue weighted by Crippen LogP contribution is 2.29. The number of aromatic nitrogens is 6. The predicted molar refractivity (Wildman–Crippen MR) is 110 cm³/mol. The quantitative estimate of drug-likeness (QED) is 0.579. The van der Waals surface area contributed by atoms with Gasteiger partial charge >= 0.3 is 0 Å². The predicted octanol–water partition coefficient (Wildman–Crippen LogP) is 2.94. The average Bonchev–Trinajstić information content (AvgIpc) is 3.23. The average molecular weight is 387 g/mol. The molecule has 1 aliphatic rings. The molecule has 0 spiro atoms. The van der Waals surface area contributed by atoms with Crippen molar-refractivity contribution in [1.82, 2.24) is 29.4 Å². The summed E-state index contributed by atoms with van der Waals surface area (Å²) in [5.74, 6) is 0.841. The fourth-order valence-corrected chi connectivity index (χ4v) is 3.92. The summed E-state index contributed by atoms with van der Waals surface area (Å²) in [6.45, 7) is 0. The molecule has 0 saturated heterocycles. The molecule has 8 nitrogen and oxygen atoms in total. The van der Waals surface area contributed by atoms with Crippen LogP contribution in [0.4, 0.5) is 5.82 Å². The van der Waals surface area contributed by atoms with Crippen LogP contribution in [0, 0.1) is 0 Å². The van der Waals surface area contributed by atoms with E-state index in [-0.39, 0.29) is 11.6 Å². The second kappa shape index (κ2) is 7.46. The van der Waals surface area contributed by atoms with Gasteiger partial charge in [0.05, 0.1) is 11.7 Å². The van der Waals surface area contributed by atoms with Gasteiger partial charge in [-0.05, 0) is 56.0 Å². The van der Waals surface area contributed by atoms with Gasteiger partial charge in [0.15, 0.2) is 5.65 Å². The van der Waals surface area contributed by atoms with Crippen molar-refractivity contribution in [2.45, 2.75) is 37.8 Å². The number of nitrogens with one attached hydrogen (secondary N) is 1. The Bertz CT molecular complexity index is 1180. The molecular formula is C21H21N7O. The Morgan fingerprint density at radius 1 is 0.966 bits per heavy atom. The number of imidazole rings is 1. The largest absolute Gasteiger partial charge is 0.366 e. The second-order valence-electron chi connectivity index (χ2n) is 7.34. The van der Waals surface area contributed by atoms with Crippen molar-refractivity contribution in [3.8, 4) is 11.3 Å². The van der Waals surface area contributed by atoms with E-state index in [0.29, 0.717) is 6.04 Å². The Balaban J connectivity index is 1.28. The third-order valence-corrected chi connectivity index (χ3v) is 5.43. The standard InChI is InChI=1S/C21H21N7O/c29-21-10-7-18(15-2-1-11-22-14-15)25-28(21)17-5-3-16(4-6-17)24-19-8-9-20-23-12-13-27(20)26-19/h1-2,7-14,16-17H,3-6H2,(H,24,26). The minimum Gasteiger partial charge on any atom is -0.366 e. The SMILES string of the molecule is O=c1ccc(-c2cccnc2)nn1C1CCC(Nc2ccc3nccn3n2)CC1. The molecule has 1 fully saturated rings. The van der Waals surface area contributed by atoms with Crippen molar-refractivity contribution in [2.24, 2.45) is 0 Å². The molecular weight excluding hydrogens is 366 g/mol. The Hall–Kier alpha value is -3.55. The van der Waals surface area contributed by atoms with Gasteiger partial charge in [-0.15, -0.1) is 5.10 Å². The van der Waals surface area contributed by atoms with E-state index < -0.39 is 0 Å². The van der Waals surface area contributed by atoms with Crippen LogP contribution in [0.15, 0.2) is 66.0 Å². The lowest BCUT2D eigenvalue weighted by atomic mass is 9.91. The van der Waals surface area contributed by atoms with Gasteiger partial charge in [0.25, 0.3) is 5.56 Å². The molecule has 0 radical (unpaired) electrons. The van der Waals surface area contributed by atoms with E-state index in [0.717, 1.165) is 48.4 Å². The van der Waals surface area contributed by atoms with Gasteiger partial charge in [-0.2, -0.15) is 5.10 Å². The van der Waals surface area contributed by atoms with Crippen LogP contribution in [0.5, 0.6) is 0 Å². The minimum absolute atomic E-state index is 0.0544. The molecule has 29 heavy (non-hydrogen) atoms. The summed E-state index contributed by atoms with van der Waals surface area (Å²) in [5.41, 5.74) is 2.47. The third kappa shape index (κ3) is 3.61. The zero-order valence-electron chi connectivity index (χ0n) is 15.8. The van der Waals surface area contributed by atoms with Gasteiger partial charge in [-0.1, -0.05) is 0 Å². The summed E-state index contributed by atoms with van der Waals surface area (Å²) in [7, 11) is 0. The van der Waals surface area contributed by atoms with Gasteiger partial charge in [0, 0.05) is 42.5 Å². The van der Waals surface area contributed by atoms with Crippen LogP contribution in [0.1, 0.15) is 31.7 Å². The molecule has 1 saturated carbocycles. The summed E-state index contributed by atoms with van der Waals surface area (Å²) in [5, 5.41) is 12.7. The van der Waals surface area contributed by atoms with Crippen LogP contribution in [-0.2, 0) is 0 Å². The van der Waals surface area contributed by atoms with Crippen molar-refractivity contribution < 1.29 is 0 Å². The van der Waals surface area contributed by atoms with E-state index >= 15 is 0 Å². The Morgan fingerprint density at radius 2 is 1.86 bits per heavy atom. The molecule has 5 rings (SSSR count). The summed E-state index contributed by atoms with van der Waals surface area (Å²) in [6.07, 6.45) is 10.8. The summed E-state index contributed by atoms with van der Waals surface area (Å²) >= 11 is 0. The maximum absolute atomic E-state index is 12.4. The Labute approximate surface area is 167 Å². The van der Waals surface area contributed by atoms with E-state index in [1.807, 2.05) is 30.5 Å². The number of nitrogens with zero attached hydrogens (tertiary/aromatic N) is 6. The van der Waals surface area contributed by atoms with Crippen molar-refractivity contribution >= 4 is 11.5 Å². The molecule has 0 aromatic carbocycles. The number of rotatable bonds is 4. The van der Waals surface area contributed by atoms with E-state index in [1.165, 1.54) is 0 Å². The first-order chi connectivity index (χ1) is 14.3. The van der Waals surface area contributed by atoms with Crippen LogP contribution in [-0.4, -0.2) is 35.4 Å². The molecule has 4 aromatic heterocycles. The fourth-order valence-electron chi connectivity index (χ4n) is 3.92. The monoisotopic (exact) mass is 387 g/mol. The van der Waals surface area contributed by atoms with Crippen LogP contribution >= 0.6 is 0 Å². The molecule has 0 atom stereocenters. The maximum Gasteiger partial charge on any atom is 0.267 e. The molecule has 4 aromatic rings. The number of anilines is 1. The molecule has 146 valence electrons. The lowest BCUT2D eigenvalue weighted by molar-refractivity contribution is 0.304. The summed E-state index contributed by atoms with van der Waals surface area (Å²) in [6, 6.07) is 11.5. The highest BCUT2D eigenvalue weighted by molar-refractivity contribution is 5.56. The lowest BCUT2D eigenvalue weighted by Crippen LogP contribution is -2.33. The summed E-state index contributed by atoms with van der Waals surface area (Å²) in [4.78, 5) is 20.8. The molecule has 0 bridgehead atoms. The fraction of sp³-hybridized carbons (Fsp3) is 0.286.